The van der Waals surface area contributed by atoms with E-state index in [9.17, 15) is 0 Å². The van der Waals surface area contributed by atoms with Gasteiger partial charge in [-0.1, -0.05) is 12.1 Å². The Morgan fingerprint density at radius 3 is 2.96 bits per heavy atom. The normalized spacial score (nSPS) is 19.4. The third-order valence-electron chi connectivity index (χ3n) is 4.69. The molecule has 1 saturated heterocycles. The Morgan fingerprint density at radius 1 is 1.38 bits per heavy atom. The van der Waals surface area contributed by atoms with Crippen LogP contribution in [0.5, 0.6) is 5.75 Å². The number of ether oxygens (including phenoxy) is 2. The number of nitrogens with zero attached hydrogens (tertiary/aromatic N) is 2. The molecule has 0 bridgehead atoms. The molecule has 1 aromatic rings. The molecule has 6 nitrogen and oxygen atoms in total. The molecule has 0 spiro atoms. The Bertz CT molecular complexity index is 564. The van der Waals surface area contributed by atoms with Crippen LogP contribution in [-0.2, 0) is 4.74 Å². The van der Waals surface area contributed by atoms with Crippen LogP contribution in [0.1, 0.15) is 25.3 Å². The van der Waals surface area contributed by atoms with Gasteiger partial charge in [-0.3, -0.25) is 9.89 Å². The van der Waals surface area contributed by atoms with Crippen molar-refractivity contribution in [2.75, 3.05) is 46.9 Å². The van der Waals surface area contributed by atoms with Gasteiger partial charge in [0, 0.05) is 33.3 Å². The number of aryl methyl sites for hydroxylation is 1. The number of guanidine groups is 1. The fraction of sp³-hybridized carbons (Fsp3) is 0.650. The van der Waals surface area contributed by atoms with Gasteiger partial charge in [0.15, 0.2) is 5.96 Å². The molecule has 6 heteroatoms. The first-order chi connectivity index (χ1) is 12.6. The van der Waals surface area contributed by atoms with Crippen LogP contribution >= 0.6 is 0 Å². The summed E-state index contributed by atoms with van der Waals surface area (Å²) in [6.07, 6.45) is 2.53. The number of hydrogen-bond donors (Lipinski definition) is 2. The largest absolute Gasteiger partial charge is 0.489 e. The first kappa shape index (κ1) is 20.5. The third-order valence-corrected chi connectivity index (χ3v) is 4.69. The molecule has 0 amide bonds. The summed E-state index contributed by atoms with van der Waals surface area (Å²) >= 11 is 0. The number of methoxy groups -OCH3 is 1. The molecule has 1 aromatic carbocycles. The van der Waals surface area contributed by atoms with E-state index in [0.29, 0.717) is 12.6 Å². The van der Waals surface area contributed by atoms with Crippen molar-refractivity contribution in [2.45, 2.75) is 38.8 Å². The molecule has 1 aliphatic heterocycles. The second-order valence-corrected chi connectivity index (χ2v) is 6.90. The van der Waals surface area contributed by atoms with Crippen LogP contribution in [-0.4, -0.2) is 69.9 Å². The van der Waals surface area contributed by atoms with E-state index in [1.165, 1.54) is 18.4 Å². The molecule has 2 rings (SSSR count). The van der Waals surface area contributed by atoms with Gasteiger partial charge < -0.3 is 20.1 Å². The van der Waals surface area contributed by atoms with Crippen LogP contribution in [0.4, 0.5) is 0 Å². The smallest absolute Gasteiger partial charge is 0.191 e. The lowest BCUT2D eigenvalue weighted by atomic mass is 10.2. The Balaban J connectivity index is 1.71. The molecule has 26 heavy (non-hydrogen) atoms. The van der Waals surface area contributed by atoms with Crippen molar-refractivity contribution in [3.63, 3.8) is 0 Å². The number of likely N-dealkylation sites (tertiary alicyclic amines) is 1. The summed E-state index contributed by atoms with van der Waals surface area (Å²) in [5.41, 5.74) is 1.20. The summed E-state index contributed by atoms with van der Waals surface area (Å²) in [5.74, 6) is 1.73. The Labute approximate surface area is 158 Å². The highest BCUT2D eigenvalue weighted by atomic mass is 16.5. The Hall–Kier alpha value is -1.79. The quantitative estimate of drug-likeness (QED) is 0.520. The van der Waals surface area contributed by atoms with Gasteiger partial charge in [0.25, 0.3) is 0 Å². The van der Waals surface area contributed by atoms with Gasteiger partial charge in [0.2, 0.25) is 0 Å². The van der Waals surface area contributed by atoms with Crippen LogP contribution in [0.3, 0.4) is 0 Å². The number of benzene rings is 1. The van der Waals surface area contributed by atoms with Gasteiger partial charge in [-0.05, 0) is 50.9 Å². The van der Waals surface area contributed by atoms with Crippen LogP contribution in [0.15, 0.2) is 29.3 Å². The van der Waals surface area contributed by atoms with Crippen LogP contribution in [0.25, 0.3) is 0 Å². The highest BCUT2D eigenvalue weighted by Crippen LogP contribution is 2.16. The van der Waals surface area contributed by atoms with E-state index < -0.39 is 0 Å². The van der Waals surface area contributed by atoms with Crippen molar-refractivity contribution in [3.8, 4) is 5.75 Å². The second kappa shape index (κ2) is 11.0. The lowest BCUT2D eigenvalue weighted by Gasteiger charge is -2.25. The minimum Gasteiger partial charge on any atom is -0.489 e. The van der Waals surface area contributed by atoms with Crippen molar-refractivity contribution in [2.24, 2.45) is 4.99 Å². The molecule has 2 N–H and O–H groups in total. The summed E-state index contributed by atoms with van der Waals surface area (Å²) < 4.78 is 11.2. The molecule has 0 radical (unpaired) electrons. The van der Waals surface area contributed by atoms with E-state index in [-0.39, 0.29) is 6.10 Å². The molecule has 0 aliphatic carbocycles. The zero-order valence-electron chi connectivity index (χ0n) is 16.6. The van der Waals surface area contributed by atoms with Crippen molar-refractivity contribution >= 4 is 5.96 Å². The van der Waals surface area contributed by atoms with E-state index >= 15 is 0 Å². The zero-order chi connectivity index (χ0) is 18.8. The lowest BCUT2D eigenvalue weighted by Crippen LogP contribution is -2.47. The van der Waals surface area contributed by atoms with E-state index in [1.54, 1.807) is 14.2 Å². The molecule has 2 unspecified atom stereocenters. The lowest BCUT2D eigenvalue weighted by molar-refractivity contribution is 0.141. The van der Waals surface area contributed by atoms with Gasteiger partial charge in [-0.25, -0.2) is 0 Å². The van der Waals surface area contributed by atoms with Crippen LogP contribution in [0, 0.1) is 6.92 Å². The monoisotopic (exact) mass is 362 g/mol. The molecule has 1 fully saturated rings. The van der Waals surface area contributed by atoms with E-state index in [0.717, 1.165) is 38.0 Å². The summed E-state index contributed by atoms with van der Waals surface area (Å²) in [6.45, 7) is 8.67. The highest BCUT2D eigenvalue weighted by Gasteiger charge is 2.24. The molecule has 146 valence electrons. The number of nitrogens with one attached hydrogen (secondary N) is 2. The number of rotatable bonds is 9. The summed E-state index contributed by atoms with van der Waals surface area (Å²) in [4.78, 5) is 6.82. The first-order valence-corrected chi connectivity index (χ1v) is 9.53. The van der Waals surface area contributed by atoms with Gasteiger partial charge in [0.05, 0.1) is 13.2 Å². The minimum atomic E-state index is 0.0556. The molecule has 0 aromatic heterocycles. The average molecular weight is 363 g/mol. The Morgan fingerprint density at radius 2 is 2.23 bits per heavy atom. The molecule has 1 aliphatic rings. The van der Waals surface area contributed by atoms with Crippen LogP contribution in [0.2, 0.25) is 0 Å². The van der Waals surface area contributed by atoms with Gasteiger partial charge in [-0.15, -0.1) is 0 Å². The van der Waals surface area contributed by atoms with Gasteiger partial charge in [-0.2, -0.15) is 0 Å². The molecular formula is C20H34N4O2. The minimum absolute atomic E-state index is 0.0556. The first-order valence-electron chi connectivity index (χ1n) is 9.53. The van der Waals surface area contributed by atoms with Crippen molar-refractivity contribution in [1.29, 1.82) is 0 Å². The van der Waals surface area contributed by atoms with Crippen molar-refractivity contribution in [3.05, 3.63) is 29.8 Å². The molecule has 2 atom stereocenters. The fourth-order valence-electron chi connectivity index (χ4n) is 3.27. The van der Waals surface area contributed by atoms with Gasteiger partial charge in [0.1, 0.15) is 11.9 Å². The molecule has 1 heterocycles. The summed E-state index contributed by atoms with van der Waals surface area (Å²) in [6, 6.07) is 8.68. The maximum Gasteiger partial charge on any atom is 0.191 e. The second-order valence-electron chi connectivity index (χ2n) is 6.90. The predicted molar refractivity (Wildman–Crippen MR) is 107 cm³/mol. The van der Waals surface area contributed by atoms with Crippen LogP contribution < -0.4 is 15.4 Å². The Kier molecular flexibility index (Phi) is 8.71. The fourth-order valence-corrected chi connectivity index (χ4v) is 3.27. The third kappa shape index (κ3) is 6.84. The van der Waals surface area contributed by atoms with E-state index in [4.69, 9.17) is 9.47 Å². The van der Waals surface area contributed by atoms with E-state index in [1.807, 2.05) is 12.1 Å². The topological polar surface area (TPSA) is 58.1 Å². The zero-order valence-corrected chi connectivity index (χ0v) is 16.6. The highest BCUT2D eigenvalue weighted by molar-refractivity contribution is 5.79. The summed E-state index contributed by atoms with van der Waals surface area (Å²) in [7, 11) is 3.56. The average Bonchev–Trinajstić information content (AvgIpc) is 3.07. The van der Waals surface area contributed by atoms with Gasteiger partial charge >= 0.3 is 0 Å². The standard InChI is InChI=1S/C20H34N4O2/c1-16-7-5-9-19(13-16)26-17(2)14-22-20(21-3)23-15-18-8-6-10-24(18)11-12-25-4/h5,7,9,13,17-18H,6,8,10-12,14-15H2,1-4H3,(H2,21,22,23). The van der Waals surface area contributed by atoms with Crippen molar-refractivity contribution < 1.29 is 9.47 Å². The summed E-state index contributed by atoms with van der Waals surface area (Å²) in [5, 5.41) is 6.80. The maximum atomic E-state index is 5.96. The molecule has 0 saturated carbocycles. The maximum absolute atomic E-state index is 5.96. The van der Waals surface area contributed by atoms with E-state index in [2.05, 4.69) is 46.5 Å². The van der Waals surface area contributed by atoms with Crippen molar-refractivity contribution in [1.82, 2.24) is 15.5 Å². The number of aliphatic imine (C=N–C) groups is 1. The SMILES string of the molecule is CN=C(NCC(C)Oc1cccc(C)c1)NCC1CCCN1CCOC. The number of hydrogen-bond acceptors (Lipinski definition) is 4. The molecular weight excluding hydrogens is 328 g/mol. The predicted octanol–water partition coefficient (Wildman–Crippen LogP) is 2.04.